The van der Waals surface area contributed by atoms with Gasteiger partial charge in [0.2, 0.25) is 5.91 Å². The molecule has 0 radical (unpaired) electrons. The number of nitrogens with zero attached hydrogens (tertiary/aromatic N) is 1. The summed E-state index contributed by atoms with van der Waals surface area (Å²) in [6.45, 7) is 3.02. The van der Waals surface area contributed by atoms with E-state index in [9.17, 15) is 4.79 Å². The normalized spacial score (nSPS) is 11.5. The fraction of sp³-hybridized carbons (Fsp3) is 0.462. The lowest BCUT2D eigenvalue weighted by molar-refractivity contribution is -0.133. The van der Waals surface area contributed by atoms with Crippen molar-refractivity contribution in [2.45, 2.75) is 13.3 Å². The van der Waals surface area contributed by atoms with Crippen LogP contribution in [0.25, 0.3) is 0 Å². The molecule has 3 nitrogen and oxygen atoms in total. The summed E-state index contributed by atoms with van der Waals surface area (Å²) in [5, 5.41) is 0. The van der Waals surface area contributed by atoms with Gasteiger partial charge in [-0.1, -0.05) is 37.3 Å². The van der Waals surface area contributed by atoms with Crippen LogP contribution >= 0.6 is 12.4 Å². The summed E-state index contributed by atoms with van der Waals surface area (Å²) in [5.74, 6) is 0.0409. The highest BCUT2D eigenvalue weighted by Crippen LogP contribution is 2.03. The van der Waals surface area contributed by atoms with Crippen LogP contribution in [0.2, 0.25) is 0 Å². The van der Waals surface area contributed by atoms with Crippen molar-refractivity contribution in [1.29, 1.82) is 0 Å². The second kappa shape index (κ2) is 8.09. The zero-order valence-electron chi connectivity index (χ0n) is 10.4. The first-order chi connectivity index (χ1) is 7.65. The number of amides is 1. The predicted molar refractivity (Wildman–Crippen MR) is 73.2 cm³/mol. The molecule has 0 aliphatic rings. The highest BCUT2D eigenvalue weighted by molar-refractivity contribution is 5.85. The van der Waals surface area contributed by atoms with Crippen molar-refractivity contribution in [3.63, 3.8) is 0 Å². The number of carbonyl (C=O) groups is 1. The number of hydrogen-bond acceptors (Lipinski definition) is 2. The number of halogens is 1. The molecular weight excluding hydrogens is 236 g/mol. The first-order valence-corrected chi connectivity index (χ1v) is 5.64. The zero-order valence-corrected chi connectivity index (χ0v) is 11.2. The molecule has 0 spiro atoms. The maximum atomic E-state index is 11.7. The quantitative estimate of drug-likeness (QED) is 0.872. The fourth-order valence-corrected chi connectivity index (χ4v) is 1.53. The third-order valence-corrected chi connectivity index (χ3v) is 2.73. The largest absolute Gasteiger partial charge is 0.345 e. The Balaban J connectivity index is 0.00000256. The second-order valence-corrected chi connectivity index (χ2v) is 4.13. The maximum Gasteiger partial charge on any atom is 0.226 e. The van der Waals surface area contributed by atoms with Gasteiger partial charge in [-0.05, 0) is 12.0 Å². The molecule has 0 aliphatic carbocycles. The van der Waals surface area contributed by atoms with Crippen molar-refractivity contribution in [3.05, 3.63) is 35.9 Å². The molecular formula is C13H21ClN2O. The SMILES string of the molecule is CC(CN)C(=O)N(C)CCc1ccccc1.Cl. The molecule has 4 heteroatoms. The third kappa shape index (κ3) is 5.20. The Morgan fingerprint density at radius 3 is 2.47 bits per heavy atom. The molecule has 17 heavy (non-hydrogen) atoms. The summed E-state index contributed by atoms with van der Waals surface area (Å²) >= 11 is 0. The molecule has 1 amide bonds. The van der Waals surface area contributed by atoms with Crippen LogP contribution in [0.4, 0.5) is 0 Å². The lowest BCUT2D eigenvalue weighted by Gasteiger charge is -2.20. The fourth-order valence-electron chi connectivity index (χ4n) is 1.53. The summed E-state index contributed by atoms with van der Waals surface area (Å²) in [4.78, 5) is 13.5. The van der Waals surface area contributed by atoms with Gasteiger partial charge in [0.15, 0.2) is 0 Å². The summed E-state index contributed by atoms with van der Waals surface area (Å²) in [5.41, 5.74) is 6.72. The summed E-state index contributed by atoms with van der Waals surface area (Å²) < 4.78 is 0. The van der Waals surface area contributed by atoms with E-state index in [2.05, 4.69) is 12.1 Å². The van der Waals surface area contributed by atoms with E-state index in [-0.39, 0.29) is 24.2 Å². The number of rotatable bonds is 5. The predicted octanol–water partition coefficient (Wildman–Crippen LogP) is 1.70. The number of likely N-dealkylation sites (N-methyl/N-ethyl adjacent to an activating group) is 1. The summed E-state index contributed by atoms with van der Waals surface area (Å²) in [7, 11) is 1.83. The number of nitrogens with two attached hydrogens (primary N) is 1. The van der Waals surface area contributed by atoms with Crippen LogP contribution in [0, 0.1) is 5.92 Å². The van der Waals surface area contributed by atoms with Crippen molar-refractivity contribution < 1.29 is 4.79 Å². The van der Waals surface area contributed by atoms with E-state index in [0.29, 0.717) is 6.54 Å². The Kier molecular flexibility index (Phi) is 7.59. The maximum absolute atomic E-state index is 11.7. The molecule has 0 saturated heterocycles. The Morgan fingerprint density at radius 1 is 1.35 bits per heavy atom. The van der Waals surface area contributed by atoms with Crippen molar-refractivity contribution in [2.75, 3.05) is 20.1 Å². The van der Waals surface area contributed by atoms with Gasteiger partial charge in [-0.15, -0.1) is 12.4 Å². The number of carbonyl (C=O) groups excluding carboxylic acids is 1. The lowest BCUT2D eigenvalue weighted by Crippen LogP contribution is -2.36. The molecule has 0 fully saturated rings. The van der Waals surface area contributed by atoms with E-state index in [1.54, 1.807) is 4.90 Å². The van der Waals surface area contributed by atoms with E-state index in [0.717, 1.165) is 13.0 Å². The van der Waals surface area contributed by atoms with Gasteiger partial charge in [-0.3, -0.25) is 4.79 Å². The van der Waals surface area contributed by atoms with Gasteiger partial charge in [-0.2, -0.15) is 0 Å². The monoisotopic (exact) mass is 256 g/mol. The smallest absolute Gasteiger partial charge is 0.226 e. The lowest BCUT2D eigenvalue weighted by atomic mass is 10.1. The van der Waals surface area contributed by atoms with Gasteiger partial charge in [0.1, 0.15) is 0 Å². The highest BCUT2D eigenvalue weighted by atomic mass is 35.5. The molecule has 0 aromatic heterocycles. The Labute approximate surface area is 109 Å². The average molecular weight is 257 g/mol. The van der Waals surface area contributed by atoms with Gasteiger partial charge in [-0.25, -0.2) is 0 Å². The molecule has 1 aromatic rings. The number of hydrogen-bond donors (Lipinski definition) is 1. The minimum absolute atomic E-state index is 0. The second-order valence-electron chi connectivity index (χ2n) is 4.13. The standard InChI is InChI=1S/C13H20N2O.ClH/c1-11(10-14)13(16)15(2)9-8-12-6-4-3-5-7-12;/h3-7,11H,8-10,14H2,1-2H3;1H. The van der Waals surface area contributed by atoms with Crippen LogP contribution in [-0.2, 0) is 11.2 Å². The van der Waals surface area contributed by atoms with Gasteiger partial charge >= 0.3 is 0 Å². The van der Waals surface area contributed by atoms with Crippen LogP contribution in [0.15, 0.2) is 30.3 Å². The first-order valence-electron chi connectivity index (χ1n) is 5.64. The van der Waals surface area contributed by atoms with Crippen LogP contribution in [-0.4, -0.2) is 30.9 Å². The van der Waals surface area contributed by atoms with Crippen molar-refractivity contribution in [3.8, 4) is 0 Å². The summed E-state index contributed by atoms with van der Waals surface area (Å²) in [6, 6.07) is 10.2. The molecule has 0 heterocycles. The molecule has 96 valence electrons. The van der Waals surface area contributed by atoms with Crippen molar-refractivity contribution >= 4 is 18.3 Å². The van der Waals surface area contributed by atoms with E-state index in [1.165, 1.54) is 5.56 Å². The van der Waals surface area contributed by atoms with Crippen molar-refractivity contribution in [1.82, 2.24) is 4.90 Å². The molecule has 0 bridgehead atoms. The number of benzene rings is 1. The molecule has 0 saturated carbocycles. The van der Waals surface area contributed by atoms with E-state index >= 15 is 0 Å². The van der Waals surface area contributed by atoms with Gasteiger partial charge in [0.05, 0.1) is 0 Å². The van der Waals surface area contributed by atoms with Crippen LogP contribution in [0.1, 0.15) is 12.5 Å². The molecule has 1 unspecified atom stereocenters. The molecule has 1 atom stereocenters. The molecule has 1 aromatic carbocycles. The topological polar surface area (TPSA) is 46.3 Å². The van der Waals surface area contributed by atoms with E-state index in [4.69, 9.17) is 5.73 Å². The minimum atomic E-state index is -0.0826. The summed E-state index contributed by atoms with van der Waals surface area (Å²) in [6.07, 6.45) is 0.889. The molecule has 2 N–H and O–H groups in total. The third-order valence-electron chi connectivity index (χ3n) is 2.73. The average Bonchev–Trinajstić information content (AvgIpc) is 2.35. The first kappa shape index (κ1) is 15.9. The van der Waals surface area contributed by atoms with E-state index < -0.39 is 0 Å². The van der Waals surface area contributed by atoms with Crippen LogP contribution < -0.4 is 5.73 Å². The van der Waals surface area contributed by atoms with Gasteiger partial charge in [0, 0.05) is 26.1 Å². The van der Waals surface area contributed by atoms with Gasteiger partial charge < -0.3 is 10.6 Å². The Morgan fingerprint density at radius 2 is 1.94 bits per heavy atom. The highest BCUT2D eigenvalue weighted by Gasteiger charge is 2.15. The Hall–Kier alpha value is -1.06. The van der Waals surface area contributed by atoms with Crippen molar-refractivity contribution in [2.24, 2.45) is 11.7 Å². The minimum Gasteiger partial charge on any atom is -0.345 e. The molecule has 1 rings (SSSR count). The molecule has 0 aliphatic heterocycles. The zero-order chi connectivity index (χ0) is 12.0. The van der Waals surface area contributed by atoms with E-state index in [1.807, 2.05) is 32.2 Å². The Bertz CT molecular complexity index is 329. The van der Waals surface area contributed by atoms with Gasteiger partial charge in [0.25, 0.3) is 0 Å². The van der Waals surface area contributed by atoms with Crippen LogP contribution in [0.3, 0.4) is 0 Å². The van der Waals surface area contributed by atoms with Crippen LogP contribution in [0.5, 0.6) is 0 Å².